The molecule has 0 aliphatic heterocycles. The van der Waals surface area contributed by atoms with Crippen LogP contribution in [0.5, 0.6) is 5.75 Å². The smallest absolute Gasteiger partial charge is 0.249 e. The number of aryl methyl sites for hydroxylation is 2. The standard InChI is InChI=1S/C18H17Cl2N3O3/c1-10-6-12(7-11(2)18(10)26)9-21-23-16(25)8-15(24)22-14-5-3-4-13(19)17(14)20/h3-7,9,26H,8H2,1-2H3,(H,22,24)(H,23,25)/b21-9+. The molecule has 2 rings (SSSR count). The molecule has 0 radical (unpaired) electrons. The Kier molecular flexibility index (Phi) is 6.60. The number of carbonyl (C=O) groups is 2. The van der Waals surface area contributed by atoms with Gasteiger partial charge in [-0.15, -0.1) is 0 Å². The highest BCUT2D eigenvalue weighted by Gasteiger charge is 2.12. The maximum absolute atomic E-state index is 11.9. The molecule has 0 spiro atoms. The molecule has 0 aromatic heterocycles. The second-order valence-corrected chi connectivity index (χ2v) is 6.41. The quantitative estimate of drug-likeness (QED) is 0.409. The number of phenols is 1. The third-order valence-electron chi connectivity index (χ3n) is 3.46. The predicted molar refractivity (Wildman–Crippen MR) is 103 cm³/mol. The first kappa shape index (κ1) is 19.8. The highest BCUT2D eigenvalue weighted by molar-refractivity contribution is 6.44. The fourth-order valence-corrected chi connectivity index (χ4v) is 2.57. The van der Waals surface area contributed by atoms with Gasteiger partial charge in [0, 0.05) is 0 Å². The van der Waals surface area contributed by atoms with Crippen LogP contribution in [0.4, 0.5) is 5.69 Å². The summed E-state index contributed by atoms with van der Waals surface area (Å²) in [6.45, 7) is 3.53. The largest absolute Gasteiger partial charge is 0.507 e. The van der Waals surface area contributed by atoms with E-state index in [0.717, 1.165) is 0 Å². The van der Waals surface area contributed by atoms with Crippen molar-refractivity contribution in [3.63, 3.8) is 0 Å². The molecule has 6 nitrogen and oxygen atoms in total. The van der Waals surface area contributed by atoms with Gasteiger partial charge < -0.3 is 10.4 Å². The number of aromatic hydroxyl groups is 1. The minimum absolute atomic E-state index is 0.207. The van der Waals surface area contributed by atoms with Crippen LogP contribution in [0.3, 0.4) is 0 Å². The van der Waals surface area contributed by atoms with Crippen molar-refractivity contribution in [3.05, 3.63) is 57.1 Å². The number of halogens is 2. The number of hydrogen-bond acceptors (Lipinski definition) is 4. The lowest BCUT2D eigenvalue weighted by Crippen LogP contribution is -2.24. The molecule has 0 atom stereocenters. The molecule has 0 bridgehead atoms. The maximum Gasteiger partial charge on any atom is 0.249 e. The lowest BCUT2D eigenvalue weighted by atomic mass is 10.1. The molecule has 0 saturated heterocycles. The third kappa shape index (κ3) is 5.21. The Hall–Kier alpha value is -2.57. The van der Waals surface area contributed by atoms with Crippen LogP contribution in [0.15, 0.2) is 35.4 Å². The van der Waals surface area contributed by atoms with E-state index in [2.05, 4.69) is 15.8 Å². The summed E-state index contributed by atoms with van der Waals surface area (Å²) in [5.74, 6) is -0.898. The van der Waals surface area contributed by atoms with Gasteiger partial charge >= 0.3 is 0 Å². The SMILES string of the molecule is Cc1cc(/C=N/NC(=O)CC(=O)Nc2cccc(Cl)c2Cl)cc(C)c1O. The molecule has 2 amide bonds. The lowest BCUT2D eigenvalue weighted by Gasteiger charge is -2.07. The molecule has 2 aromatic carbocycles. The van der Waals surface area contributed by atoms with Gasteiger partial charge in [0.1, 0.15) is 12.2 Å². The normalized spacial score (nSPS) is 10.8. The van der Waals surface area contributed by atoms with Crippen LogP contribution < -0.4 is 10.7 Å². The van der Waals surface area contributed by atoms with Crippen molar-refractivity contribution < 1.29 is 14.7 Å². The summed E-state index contributed by atoms with van der Waals surface area (Å²) in [5.41, 5.74) is 4.73. The number of hydrazone groups is 1. The average molecular weight is 394 g/mol. The van der Waals surface area contributed by atoms with Crippen molar-refractivity contribution in [2.75, 3.05) is 5.32 Å². The number of nitrogens with zero attached hydrogens (tertiary/aromatic N) is 1. The summed E-state index contributed by atoms with van der Waals surface area (Å²) in [6.07, 6.45) is 1.01. The van der Waals surface area contributed by atoms with Gasteiger partial charge in [0.05, 0.1) is 21.9 Å². The molecule has 0 heterocycles. The average Bonchev–Trinajstić information content (AvgIpc) is 2.56. The maximum atomic E-state index is 11.9. The van der Waals surface area contributed by atoms with Gasteiger partial charge in [-0.2, -0.15) is 5.10 Å². The van der Waals surface area contributed by atoms with E-state index in [9.17, 15) is 14.7 Å². The summed E-state index contributed by atoms with van der Waals surface area (Å²) >= 11 is 11.8. The van der Waals surface area contributed by atoms with E-state index in [1.54, 1.807) is 44.2 Å². The minimum Gasteiger partial charge on any atom is -0.507 e. The summed E-state index contributed by atoms with van der Waals surface area (Å²) in [4.78, 5) is 23.7. The minimum atomic E-state index is -0.580. The summed E-state index contributed by atoms with van der Waals surface area (Å²) in [5, 5.41) is 16.6. The fourth-order valence-electron chi connectivity index (χ4n) is 2.22. The second kappa shape index (κ2) is 8.69. The van der Waals surface area contributed by atoms with Crippen molar-refractivity contribution in [1.29, 1.82) is 0 Å². The van der Waals surface area contributed by atoms with Crippen LogP contribution >= 0.6 is 23.2 Å². The number of anilines is 1. The molecule has 0 fully saturated rings. The first-order chi connectivity index (χ1) is 12.3. The van der Waals surface area contributed by atoms with Crippen molar-refractivity contribution in [2.24, 2.45) is 5.10 Å². The predicted octanol–water partition coefficient (Wildman–Crippen LogP) is 3.79. The molecule has 8 heteroatoms. The topological polar surface area (TPSA) is 90.8 Å². The Balaban J connectivity index is 1.90. The number of nitrogens with one attached hydrogen (secondary N) is 2. The van der Waals surface area contributed by atoms with Crippen LogP contribution in [0, 0.1) is 13.8 Å². The molecule has 3 N–H and O–H groups in total. The number of rotatable bonds is 5. The molecular formula is C18H17Cl2N3O3. The van der Waals surface area contributed by atoms with E-state index in [-0.39, 0.29) is 10.8 Å². The Morgan fingerprint density at radius 1 is 1.15 bits per heavy atom. The van der Waals surface area contributed by atoms with E-state index in [1.807, 2.05) is 0 Å². The second-order valence-electron chi connectivity index (χ2n) is 5.62. The van der Waals surface area contributed by atoms with Crippen LogP contribution in [0.2, 0.25) is 10.0 Å². The van der Waals surface area contributed by atoms with Gasteiger partial charge in [0.2, 0.25) is 11.8 Å². The van der Waals surface area contributed by atoms with E-state index >= 15 is 0 Å². The van der Waals surface area contributed by atoms with Crippen LogP contribution in [-0.4, -0.2) is 23.1 Å². The van der Waals surface area contributed by atoms with Crippen molar-refractivity contribution in [2.45, 2.75) is 20.3 Å². The van der Waals surface area contributed by atoms with E-state index in [4.69, 9.17) is 23.2 Å². The molecule has 136 valence electrons. The number of phenolic OH excluding ortho intramolecular Hbond substituents is 1. The van der Waals surface area contributed by atoms with E-state index < -0.39 is 18.2 Å². The number of carbonyl (C=O) groups excluding carboxylic acids is 2. The fraction of sp³-hybridized carbons (Fsp3) is 0.167. The third-order valence-corrected chi connectivity index (χ3v) is 4.28. The van der Waals surface area contributed by atoms with Crippen LogP contribution in [0.25, 0.3) is 0 Å². The molecule has 2 aromatic rings. The Morgan fingerprint density at radius 2 is 1.81 bits per heavy atom. The van der Waals surface area contributed by atoms with Gasteiger partial charge in [0.25, 0.3) is 0 Å². The number of hydrogen-bond donors (Lipinski definition) is 3. The number of amides is 2. The van der Waals surface area contributed by atoms with E-state index in [1.165, 1.54) is 6.21 Å². The van der Waals surface area contributed by atoms with Gasteiger partial charge in [-0.25, -0.2) is 5.43 Å². The first-order valence-corrected chi connectivity index (χ1v) is 8.39. The molecule has 0 aliphatic rings. The summed E-state index contributed by atoms with van der Waals surface area (Å²) in [7, 11) is 0. The molecule has 0 unspecified atom stereocenters. The van der Waals surface area contributed by atoms with Crippen LogP contribution in [0.1, 0.15) is 23.1 Å². The molecule has 26 heavy (non-hydrogen) atoms. The Morgan fingerprint density at radius 3 is 2.46 bits per heavy atom. The number of benzene rings is 2. The highest BCUT2D eigenvalue weighted by Crippen LogP contribution is 2.29. The Labute approximate surface area is 160 Å². The zero-order valence-corrected chi connectivity index (χ0v) is 15.6. The summed E-state index contributed by atoms with van der Waals surface area (Å²) < 4.78 is 0. The highest BCUT2D eigenvalue weighted by atomic mass is 35.5. The molecule has 0 saturated carbocycles. The van der Waals surface area contributed by atoms with Crippen LogP contribution in [-0.2, 0) is 9.59 Å². The van der Waals surface area contributed by atoms with Crippen molar-refractivity contribution in [1.82, 2.24) is 5.43 Å². The zero-order chi connectivity index (χ0) is 19.3. The van der Waals surface area contributed by atoms with Crippen molar-refractivity contribution in [3.8, 4) is 5.75 Å². The molecule has 0 aliphatic carbocycles. The lowest BCUT2D eigenvalue weighted by molar-refractivity contribution is -0.126. The van der Waals surface area contributed by atoms with Gasteiger partial charge in [-0.05, 0) is 54.8 Å². The summed E-state index contributed by atoms with van der Waals surface area (Å²) in [6, 6.07) is 8.26. The van der Waals surface area contributed by atoms with E-state index in [0.29, 0.717) is 27.4 Å². The monoisotopic (exact) mass is 393 g/mol. The van der Waals surface area contributed by atoms with Gasteiger partial charge in [-0.1, -0.05) is 29.3 Å². The Bertz CT molecular complexity index is 859. The zero-order valence-electron chi connectivity index (χ0n) is 14.1. The van der Waals surface area contributed by atoms with Gasteiger partial charge in [-0.3, -0.25) is 9.59 Å². The first-order valence-electron chi connectivity index (χ1n) is 7.64. The molecular weight excluding hydrogens is 377 g/mol. The van der Waals surface area contributed by atoms with Gasteiger partial charge in [0.15, 0.2) is 0 Å². The van der Waals surface area contributed by atoms with Crippen molar-refractivity contribution >= 4 is 46.9 Å².